The van der Waals surface area contributed by atoms with Gasteiger partial charge in [0.05, 0.1) is 56.6 Å². The van der Waals surface area contributed by atoms with E-state index in [9.17, 15) is 9.59 Å². The van der Waals surface area contributed by atoms with Crippen LogP contribution in [0, 0.1) is 13.8 Å². The number of hydrogen-bond donors (Lipinski definition) is 8. The second kappa shape index (κ2) is 6.37. The molecule has 0 atom stereocenters. The average molecular weight is 374 g/mol. The molecular weight excluding hydrogens is 352 g/mol. The molecule has 11 heteroatoms. The zero-order valence-electron chi connectivity index (χ0n) is 14.8. The lowest BCUT2D eigenvalue weighted by atomic mass is 10.0. The fourth-order valence-corrected chi connectivity index (χ4v) is 2.64. The largest absolute Gasteiger partial charge is 0.397 e. The van der Waals surface area contributed by atoms with Gasteiger partial charge in [0.2, 0.25) is 0 Å². The van der Waals surface area contributed by atoms with E-state index >= 15 is 0 Å². The standard InChI is InChI=1S/C16H22N8O3/c1-3-5(9(19)13(23)11(21)7(3)17)15(25)27-16(26)6-4(2)8(18)12(22)14(24)10(6)20/h17-24H2,1-2H3. The SMILES string of the molecule is Cc1c(N)c(N)c(N)c(N)c1C(=O)OC(=O)c1c(C)c(N)c(N)c(N)c1N. The van der Waals surface area contributed by atoms with Crippen LogP contribution in [0.15, 0.2) is 0 Å². The Kier molecular flexibility index (Phi) is 4.55. The molecule has 27 heavy (non-hydrogen) atoms. The van der Waals surface area contributed by atoms with Crippen molar-refractivity contribution in [1.82, 2.24) is 0 Å². The Balaban J connectivity index is 2.52. The van der Waals surface area contributed by atoms with E-state index in [0.717, 1.165) is 0 Å². The fraction of sp³-hybridized carbons (Fsp3) is 0.125. The highest BCUT2D eigenvalue weighted by molar-refractivity contribution is 6.13. The van der Waals surface area contributed by atoms with Gasteiger partial charge in [0.1, 0.15) is 0 Å². The van der Waals surface area contributed by atoms with Crippen molar-refractivity contribution in [1.29, 1.82) is 0 Å². The number of carbonyl (C=O) groups is 2. The van der Waals surface area contributed by atoms with Crippen LogP contribution >= 0.6 is 0 Å². The first-order valence-electron chi connectivity index (χ1n) is 7.63. The molecule has 0 amide bonds. The molecule has 0 spiro atoms. The molecule has 144 valence electrons. The van der Waals surface area contributed by atoms with E-state index < -0.39 is 11.9 Å². The number of ether oxygens (including phenoxy) is 1. The van der Waals surface area contributed by atoms with Crippen molar-refractivity contribution in [2.45, 2.75) is 13.8 Å². The second-order valence-corrected chi connectivity index (χ2v) is 5.99. The van der Waals surface area contributed by atoms with Gasteiger partial charge in [-0.1, -0.05) is 0 Å². The molecule has 0 aromatic heterocycles. The summed E-state index contributed by atoms with van der Waals surface area (Å²) in [6, 6.07) is 0. The van der Waals surface area contributed by atoms with Crippen molar-refractivity contribution < 1.29 is 14.3 Å². The quantitative estimate of drug-likeness (QED) is 0.196. The van der Waals surface area contributed by atoms with Crippen molar-refractivity contribution in [3.8, 4) is 0 Å². The van der Waals surface area contributed by atoms with Gasteiger partial charge >= 0.3 is 11.9 Å². The van der Waals surface area contributed by atoms with E-state index in [1.54, 1.807) is 0 Å². The number of nitrogens with two attached hydrogens (primary N) is 8. The van der Waals surface area contributed by atoms with Crippen molar-refractivity contribution in [2.24, 2.45) is 0 Å². The van der Waals surface area contributed by atoms with E-state index in [0.29, 0.717) is 0 Å². The Morgan fingerprint density at radius 3 is 1.07 bits per heavy atom. The molecule has 0 fully saturated rings. The maximum absolute atomic E-state index is 12.5. The number of hydrogen-bond acceptors (Lipinski definition) is 11. The summed E-state index contributed by atoms with van der Waals surface area (Å²) in [5.41, 5.74) is 46.0. The molecule has 0 aliphatic heterocycles. The molecule has 0 unspecified atom stereocenters. The van der Waals surface area contributed by atoms with Crippen LogP contribution in [0.2, 0.25) is 0 Å². The van der Waals surface area contributed by atoms with E-state index in [-0.39, 0.29) is 67.8 Å². The van der Waals surface area contributed by atoms with Gasteiger partial charge in [0, 0.05) is 0 Å². The molecular formula is C16H22N8O3. The Morgan fingerprint density at radius 2 is 0.778 bits per heavy atom. The monoisotopic (exact) mass is 374 g/mol. The normalized spacial score (nSPS) is 10.6. The Morgan fingerprint density at radius 1 is 0.519 bits per heavy atom. The number of esters is 2. The number of rotatable bonds is 2. The van der Waals surface area contributed by atoms with Crippen molar-refractivity contribution >= 4 is 57.4 Å². The maximum Gasteiger partial charge on any atom is 0.348 e. The minimum atomic E-state index is -1.08. The summed E-state index contributed by atoms with van der Waals surface area (Å²) in [6.45, 7) is 2.97. The van der Waals surface area contributed by atoms with Gasteiger partial charge in [-0.2, -0.15) is 0 Å². The zero-order valence-corrected chi connectivity index (χ0v) is 14.8. The van der Waals surface area contributed by atoms with Crippen LogP contribution in [-0.4, -0.2) is 11.9 Å². The van der Waals surface area contributed by atoms with Gasteiger partial charge in [-0.25, -0.2) is 9.59 Å². The summed E-state index contributed by atoms with van der Waals surface area (Å²) in [7, 11) is 0. The molecule has 0 saturated carbocycles. The van der Waals surface area contributed by atoms with E-state index in [1.165, 1.54) is 13.8 Å². The molecule has 0 heterocycles. The van der Waals surface area contributed by atoms with Crippen LogP contribution in [0.1, 0.15) is 31.8 Å². The number of carbonyl (C=O) groups excluding carboxylic acids is 2. The van der Waals surface area contributed by atoms with Gasteiger partial charge in [0.15, 0.2) is 0 Å². The van der Waals surface area contributed by atoms with Gasteiger partial charge in [-0.3, -0.25) is 0 Å². The highest BCUT2D eigenvalue weighted by atomic mass is 16.6. The molecule has 2 rings (SSSR count). The molecule has 0 aliphatic rings. The summed E-state index contributed by atoms with van der Waals surface area (Å²) in [5.74, 6) is -2.16. The summed E-state index contributed by atoms with van der Waals surface area (Å²) < 4.78 is 4.90. The lowest BCUT2D eigenvalue weighted by molar-refractivity contribution is 0.0398. The van der Waals surface area contributed by atoms with Gasteiger partial charge in [-0.15, -0.1) is 0 Å². The third-order valence-corrected chi connectivity index (χ3v) is 4.43. The molecule has 11 nitrogen and oxygen atoms in total. The molecule has 0 aliphatic carbocycles. The van der Waals surface area contributed by atoms with Crippen LogP contribution < -0.4 is 45.9 Å². The van der Waals surface area contributed by atoms with Crippen LogP contribution in [0.4, 0.5) is 45.5 Å². The first-order chi connectivity index (χ1) is 12.4. The lowest BCUT2D eigenvalue weighted by Gasteiger charge is -2.18. The summed E-state index contributed by atoms with van der Waals surface area (Å²) in [5, 5.41) is 0. The predicted molar refractivity (Wildman–Crippen MR) is 107 cm³/mol. The van der Waals surface area contributed by atoms with Crippen LogP contribution in [-0.2, 0) is 4.74 Å². The van der Waals surface area contributed by atoms with Crippen LogP contribution in [0.5, 0.6) is 0 Å². The van der Waals surface area contributed by atoms with Crippen LogP contribution in [0.25, 0.3) is 0 Å². The second-order valence-electron chi connectivity index (χ2n) is 5.99. The summed E-state index contributed by atoms with van der Waals surface area (Å²) in [4.78, 5) is 25.1. The molecule has 0 radical (unpaired) electrons. The topological polar surface area (TPSA) is 252 Å². The fourth-order valence-electron chi connectivity index (χ4n) is 2.64. The third-order valence-electron chi connectivity index (χ3n) is 4.43. The Bertz CT molecular complexity index is 863. The average Bonchev–Trinajstić information content (AvgIpc) is 2.61. The first-order valence-corrected chi connectivity index (χ1v) is 7.63. The molecule has 16 N–H and O–H groups in total. The molecule has 2 aromatic carbocycles. The third kappa shape index (κ3) is 2.80. The van der Waals surface area contributed by atoms with Gasteiger partial charge in [0.25, 0.3) is 0 Å². The Hall–Kier alpha value is -4.02. The summed E-state index contributed by atoms with van der Waals surface area (Å²) >= 11 is 0. The van der Waals surface area contributed by atoms with Crippen LogP contribution in [0.3, 0.4) is 0 Å². The first kappa shape index (κ1) is 19.3. The van der Waals surface area contributed by atoms with E-state index in [2.05, 4.69) is 0 Å². The predicted octanol–water partition coefficient (Wildman–Crippen LogP) is -0.0418. The van der Waals surface area contributed by atoms with E-state index in [1.807, 2.05) is 0 Å². The number of benzene rings is 2. The smallest absolute Gasteiger partial charge is 0.348 e. The number of nitrogen functional groups attached to an aromatic ring is 8. The highest BCUT2D eigenvalue weighted by Crippen LogP contribution is 2.38. The maximum atomic E-state index is 12.5. The van der Waals surface area contributed by atoms with Gasteiger partial charge in [-0.05, 0) is 25.0 Å². The minimum absolute atomic E-state index is 0.0343. The highest BCUT2D eigenvalue weighted by Gasteiger charge is 2.27. The van der Waals surface area contributed by atoms with Crippen molar-refractivity contribution in [2.75, 3.05) is 45.9 Å². The van der Waals surface area contributed by atoms with Gasteiger partial charge < -0.3 is 50.6 Å². The van der Waals surface area contributed by atoms with Crippen molar-refractivity contribution in [3.63, 3.8) is 0 Å². The summed E-state index contributed by atoms with van der Waals surface area (Å²) in [6.07, 6.45) is 0. The lowest BCUT2D eigenvalue weighted by Crippen LogP contribution is -2.21. The molecule has 0 bridgehead atoms. The van der Waals surface area contributed by atoms with E-state index in [4.69, 9.17) is 50.6 Å². The minimum Gasteiger partial charge on any atom is -0.397 e. The molecule has 0 saturated heterocycles. The Labute approximate surface area is 154 Å². The zero-order chi connectivity index (χ0) is 20.8. The van der Waals surface area contributed by atoms with Crippen molar-refractivity contribution in [3.05, 3.63) is 22.3 Å². The molecule has 2 aromatic rings. The number of anilines is 8.